The fraction of sp³-hybridized carbons (Fsp3) is 0.444. The number of nitrogens with zero attached hydrogens (tertiary/aromatic N) is 1. The van der Waals surface area contributed by atoms with Crippen LogP contribution in [0.15, 0.2) is 24.5 Å². The summed E-state index contributed by atoms with van der Waals surface area (Å²) in [6.45, 7) is 3.09. The van der Waals surface area contributed by atoms with Crippen molar-refractivity contribution in [2.75, 3.05) is 6.61 Å². The number of ether oxygens (including phenoxy) is 1. The van der Waals surface area contributed by atoms with Crippen LogP contribution in [0.5, 0.6) is 0 Å². The molecule has 0 N–H and O–H groups in total. The van der Waals surface area contributed by atoms with Gasteiger partial charge in [-0.15, -0.1) is 0 Å². The molecule has 0 spiro atoms. The van der Waals surface area contributed by atoms with Gasteiger partial charge < -0.3 is 4.74 Å². The Morgan fingerprint density at radius 1 is 1.73 bits per heavy atom. The topological polar surface area (TPSA) is 25.4 Å². The first-order valence-electron chi connectivity index (χ1n) is 3.89. The standard InChI is InChI=1S/C9H11NO/c1-7(9-6-11-9)8-3-2-4-10-5-8/h2-5,7,9H,6H2,1H3. The van der Waals surface area contributed by atoms with Gasteiger partial charge in [0.05, 0.1) is 12.7 Å². The molecule has 2 atom stereocenters. The Morgan fingerprint density at radius 3 is 3.09 bits per heavy atom. The van der Waals surface area contributed by atoms with E-state index in [9.17, 15) is 0 Å². The highest BCUT2D eigenvalue weighted by Gasteiger charge is 2.30. The van der Waals surface area contributed by atoms with Crippen molar-refractivity contribution in [2.45, 2.75) is 18.9 Å². The van der Waals surface area contributed by atoms with E-state index in [1.54, 1.807) is 6.20 Å². The highest BCUT2D eigenvalue weighted by Crippen LogP contribution is 2.28. The lowest BCUT2D eigenvalue weighted by molar-refractivity contribution is 0.382. The van der Waals surface area contributed by atoms with Crippen molar-refractivity contribution < 1.29 is 4.74 Å². The molecule has 0 radical (unpaired) electrons. The summed E-state index contributed by atoms with van der Waals surface area (Å²) in [5.74, 6) is 0.503. The van der Waals surface area contributed by atoms with Crippen LogP contribution in [0.4, 0.5) is 0 Å². The maximum atomic E-state index is 5.20. The zero-order valence-corrected chi connectivity index (χ0v) is 6.53. The Labute approximate surface area is 66.2 Å². The number of pyridine rings is 1. The van der Waals surface area contributed by atoms with Crippen LogP contribution in [0, 0.1) is 0 Å². The monoisotopic (exact) mass is 149 g/mol. The van der Waals surface area contributed by atoms with Crippen molar-refractivity contribution in [3.05, 3.63) is 30.1 Å². The highest BCUT2D eigenvalue weighted by atomic mass is 16.6. The molecule has 1 aromatic heterocycles. The molecule has 11 heavy (non-hydrogen) atoms. The average molecular weight is 149 g/mol. The molecule has 2 heteroatoms. The predicted molar refractivity (Wildman–Crippen MR) is 42.4 cm³/mol. The summed E-state index contributed by atoms with van der Waals surface area (Å²) in [5.41, 5.74) is 1.27. The quantitative estimate of drug-likeness (QED) is 0.596. The molecule has 0 aliphatic carbocycles. The van der Waals surface area contributed by atoms with Crippen molar-refractivity contribution in [1.82, 2.24) is 4.98 Å². The SMILES string of the molecule is CC(c1cccnc1)C1CO1. The van der Waals surface area contributed by atoms with Crippen molar-refractivity contribution in [2.24, 2.45) is 0 Å². The Hall–Kier alpha value is -0.890. The molecule has 2 heterocycles. The van der Waals surface area contributed by atoms with Crippen LogP contribution < -0.4 is 0 Å². The molecule has 2 unspecified atom stereocenters. The fourth-order valence-electron chi connectivity index (χ4n) is 1.20. The molecule has 1 aromatic rings. The third-order valence-corrected chi connectivity index (χ3v) is 2.13. The molecule has 0 aromatic carbocycles. The molecular weight excluding hydrogens is 138 g/mol. The molecule has 1 aliphatic heterocycles. The molecule has 1 fully saturated rings. The molecule has 0 saturated carbocycles. The van der Waals surface area contributed by atoms with Gasteiger partial charge in [0.1, 0.15) is 0 Å². The molecule has 0 bridgehead atoms. The Kier molecular flexibility index (Phi) is 1.62. The second-order valence-corrected chi connectivity index (χ2v) is 2.95. The van der Waals surface area contributed by atoms with Gasteiger partial charge in [0.15, 0.2) is 0 Å². The normalized spacial score (nSPS) is 24.6. The third kappa shape index (κ3) is 1.40. The summed E-state index contributed by atoms with van der Waals surface area (Å²) >= 11 is 0. The van der Waals surface area contributed by atoms with Gasteiger partial charge in [-0.25, -0.2) is 0 Å². The van der Waals surface area contributed by atoms with Crippen LogP contribution in [0.2, 0.25) is 0 Å². The van der Waals surface area contributed by atoms with Crippen LogP contribution in [0.3, 0.4) is 0 Å². The van der Waals surface area contributed by atoms with E-state index in [1.807, 2.05) is 12.3 Å². The van der Waals surface area contributed by atoms with Gasteiger partial charge >= 0.3 is 0 Å². The van der Waals surface area contributed by atoms with Crippen LogP contribution in [0.1, 0.15) is 18.4 Å². The van der Waals surface area contributed by atoms with Gasteiger partial charge in [-0.2, -0.15) is 0 Å². The highest BCUT2D eigenvalue weighted by molar-refractivity contribution is 5.16. The van der Waals surface area contributed by atoms with E-state index in [1.165, 1.54) is 5.56 Å². The van der Waals surface area contributed by atoms with Gasteiger partial charge in [0.25, 0.3) is 0 Å². The van der Waals surface area contributed by atoms with E-state index < -0.39 is 0 Å². The van der Waals surface area contributed by atoms with E-state index in [4.69, 9.17) is 4.74 Å². The smallest absolute Gasteiger partial charge is 0.0876 e. The second kappa shape index (κ2) is 2.62. The van der Waals surface area contributed by atoms with Crippen LogP contribution in [-0.2, 0) is 4.74 Å². The molecule has 58 valence electrons. The number of aromatic nitrogens is 1. The summed E-state index contributed by atoms with van der Waals surface area (Å²) in [7, 11) is 0. The van der Waals surface area contributed by atoms with Gasteiger partial charge in [0, 0.05) is 18.3 Å². The molecule has 1 aliphatic rings. The van der Waals surface area contributed by atoms with Gasteiger partial charge in [-0.3, -0.25) is 4.98 Å². The largest absolute Gasteiger partial charge is 0.372 e. The summed E-state index contributed by atoms with van der Waals surface area (Å²) in [5, 5.41) is 0. The summed E-state index contributed by atoms with van der Waals surface area (Å²) in [6, 6.07) is 4.06. The van der Waals surface area contributed by atoms with Crippen LogP contribution in [0.25, 0.3) is 0 Å². The predicted octanol–water partition coefficient (Wildman–Crippen LogP) is 1.58. The number of rotatable bonds is 2. The minimum absolute atomic E-state index is 0.444. The Morgan fingerprint density at radius 2 is 2.55 bits per heavy atom. The van der Waals surface area contributed by atoms with Crippen molar-refractivity contribution in [3.8, 4) is 0 Å². The summed E-state index contributed by atoms with van der Waals surface area (Å²) in [4.78, 5) is 4.06. The summed E-state index contributed by atoms with van der Waals surface area (Å²) in [6.07, 6.45) is 4.15. The maximum Gasteiger partial charge on any atom is 0.0876 e. The summed E-state index contributed by atoms with van der Waals surface area (Å²) < 4.78 is 5.20. The minimum Gasteiger partial charge on any atom is -0.372 e. The van der Waals surface area contributed by atoms with E-state index >= 15 is 0 Å². The van der Waals surface area contributed by atoms with Crippen molar-refractivity contribution >= 4 is 0 Å². The first-order chi connectivity index (χ1) is 5.38. The zero-order valence-electron chi connectivity index (χ0n) is 6.53. The lowest BCUT2D eigenvalue weighted by atomic mass is 10.0. The Bertz CT molecular complexity index is 231. The molecule has 2 nitrogen and oxygen atoms in total. The number of hydrogen-bond donors (Lipinski definition) is 0. The number of epoxide rings is 1. The van der Waals surface area contributed by atoms with E-state index in [0.717, 1.165) is 6.61 Å². The first-order valence-corrected chi connectivity index (χ1v) is 3.89. The zero-order chi connectivity index (χ0) is 7.68. The van der Waals surface area contributed by atoms with Gasteiger partial charge in [-0.05, 0) is 11.6 Å². The third-order valence-electron chi connectivity index (χ3n) is 2.13. The van der Waals surface area contributed by atoms with E-state index in [-0.39, 0.29) is 0 Å². The maximum absolute atomic E-state index is 5.20. The van der Waals surface area contributed by atoms with Gasteiger partial charge in [0.2, 0.25) is 0 Å². The Balaban J connectivity index is 2.15. The van der Waals surface area contributed by atoms with E-state index in [0.29, 0.717) is 12.0 Å². The van der Waals surface area contributed by atoms with Crippen LogP contribution >= 0.6 is 0 Å². The lowest BCUT2D eigenvalue weighted by Gasteiger charge is -2.05. The van der Waals surface area contributed by atoms with Gasteiger partial charge in [-0.1, -0.05) is 13.0 Å². The molecule has 2 rings (SSSR count). The second-order valence-electron chi connectivity index (χ2n) is 2.95. The van der Waals surface area contributed by atoms with Crippen molar-refractivity contribution in [3.63, 3.8) is 0 Å². The minimum atomic E-state index is 0.444. The first kappa shape index (κ1) is 6.80. The lowest BCUT2D eigenvalue weighted by Crippen LogP contribution is -2.00. The average Bonchev–Trinajstić information content (AvgIpc) is 2.87. The fourth-order valence-corrected chi connectivity index (χ4v) is 1.20. The molecule has 0 amide bonds. The molecular formula is C9H11NO. The van der Waals surface area contributed by atoms with E-state index in [2.05, 4.69) is 18.0 Å². The number of hydrogen-bond acceptors (Lipinski definition) is 2. The molecule has 1 saturated heterocycles. The van der Waals surface area contributed by atoms with Crippen molar-refractivity contribution in [1.29, 1.82) is 0 Å². The van der Waals surface area contributed by atoms with Crippen LogP contribution in [-0.4, -0.2) is 17.7 Å².